The quantitative estimate of drug-likeness (QED) is 0.774. The summed E-state index contributed by atoms with van der Waals surface area (Å²) in [7, 11) is -1.17. The van der Waals surface area contributed by atoms with Crippen molar-refractivity contribution in [2.24, 2.45) is 0 Å². The summed E-state index contributed by atoms with van der Waals surface area (Å²) < 4.78 is 0. The van der Waals surface area contributed by atoms with E-state index in [0.717, 1.165) is 12.8 Å². The smallest absolute Gasteiger partial charge is 0.0720 e. The molecule has 1 aromatic rings. The van der Waals surface area contributed by atoms with Gasteiger partial charge >= 0.3 is 0 Å². The minimum Gasteiger partial charge on any atom is -0.389 e. The van der Waals surface area contributed by atoms with E-state index in [-0.39, 0.29) is 6.10 Å². The lowest BCUT2D eigenvalue weighted by Gasteiger charge is -2.11. The summed E-state index contributed by atoms with van der Waals surface area (Å²) in [5, 5.41) is 9.81. The van der Waals surface area contributed by atoms with Gasteiger partial charge in [0.2, 0.25) is 0 Å². The molecule has 0 aliphatic carbocycles. The standard InChI is InChI=1S/C14H22OSi/c1-16(2,3)12-11-14(15)10-9-13-7-5-4-6-8-13/h4-8,11-12,14-15H,9-10H2,1-3H3/b12-11+. The summed E-state index contributed by atoms with van der Waals surface area (Å²) in [5.41, 5.74) is 3.51. The van der Waals surface area contributed by atoms with E-state index in [0.29, 0.717) is 0 Å². The summed E-state index contributed by atoms with van der Waals surface area (Å²) in [6.07, 6.45) is 3.42. The van der Waals surface area contributed by atoms with Crippen LogP contribution >= 0.6 is 0 Å². The molecule has 0 bridgehead atoms. The highest BCUT2D eigenvalue weighted by molar-refractivity contribution is 6.80. The van der Waals surface area contributed by atoms with Gasteiger partial charge in [0.1, 0.15) is 0 Å². The van der Waals surface area contributed by atoms with Crippen molar-refractivity contribution in [2.75, 3.05) is 0 Å². The third-order valence-corrected chi connectivity index (χ3v) is 3.58. The second-order valence-corrected chi connectivity index (χ2v) is 10.4. The Hall–Kier alpha value is -0.863. The first-order valence-electron chi connectivity index (χ1n) is 5.89. The first-order chi connectivity index (χ1) is 7.47. The number of rotatable bonds is 5. The maximum atomic E-state index is 9.81. The molecule has 0 amide bonds. The highest BCUT2D eigenvalue weighted by Gasteiger charge is 2.08. The average Bonchev–Trinajstić information content (AvgIpc) is 2.24. The first-order valence-corrected chi connectivity index (χ1v) is 9.46. The van der Waals surface area contributed by atoms with E-state index in [1.54, 1.807) is 0 Å². The molecule has 0 radical (unpaired) electrons. The molecule has 1 unspecified atom stereocenters. The van der Waals surface area contributed by atoms with Gasteiger partial charge < -0.3 is 5.11 Å². The molecule has 0 saturated heterocycles. The van der Waals surface area contributed by atoms with Crippen LogP contribution < -0.4 is 0 Å². The molecule has 1 nitrogen and oxygen atoms in total. The fourth-order valence-corrected chi connectivity index (χ4v) is 2.25. The van der Waals surface area contributed by atoms with E-state index < -0.39 is 8.07 Å². The predicted molar refractivity (Wildman–Crippen MR) is 73.3 cm³/mol. The zero-order valence-electron chi connectivity index (χ0n) is 10.5. The van der Waals surface area contributed by atoms with E-state index in [9.17, 15) is 5.11 Å². The van der Waals surface area contributed by atoms with Gasteiger partial charge in [-0.05, 0) is 18.4 Å². The van der Waals surface area contributed by atoms with Gasteiger partial charge in [-0.15, -0.1) is 0 Å². The van der Waals surface area contributed by atoms with Crippen LogP contribution in [0.15, 0.2) is 42.1 Å². The Bertz CT molecular complexity index is 324. The fourth-order valence-electron chi connectivity index (χ4n) is 1.46. The molecular weight excluding hydrogens is 212 g/mol. The van der Waals surface area contributed by atoms with Crippen molar-refractivity contribution in [3.05, 3.63) is 47.7 Å². The van der Waals surface area contributed by atoms with Crippen molar-refractivity contribution in [2.45, 2.75) is 38.6 Å². The lowest BCUT2D eigenvalue weighted by molar-refractivity contribution is 0.213. The maximum Gasteiger partial charge on any atom is 0.0720 e. The third-order valence-electron chi connectivity index (χ3n) is 2.39. The summed E-state index contributed by atoms with van der Waals surface area (Å²) in [6, 6.07) is 10.3. The SMILES string of the molecule is C[Si](C)(C)/C=C/C(O)CCc1ccccc1. The minimum absolute atomic E-state index is 0.299. The molecule has 88 valence electrons. The van der Waals surface area contributed by atoms with E-state index in [1.807, 2.05) is 24.3 Å². The monoisotopic (exact) mass is 234 g/mol. The Kier molecular flexibility index (Phi) is 4.96. The lowest BCUT2D eigenvalue weighted by atomic mass is 10.1. The number of aliphatic hydroxyl groups excluding tert-OH is 1. The van der Waals surface area contributed by atoms with Crippen LogP contribution in [0.25, 0.3) is 0 Å². The molecule has 0 aromatic heterocycles. The van der Waals surface area contributed by atoms with Crippen molar-refractivity contribution in [1.29, 1.82) is 0 Å². The van der Waals surface area contributed by atoms with Crippen molar-refractivity contribution < 1.29 is 5.11 Å². The number of aliphatic hydroxyl groups is 1. The van der Waals surface area contributed by atoms with Crippen LogP contribution in [-0.2, 0) is 6.42 Å². The van der Waals surface area contributed by atoms with Crippen molar-refractivity contribution in [3.63, 3.8) is 0 Å². The minimum atomic E-state index is -1.17. The number of aryl methyl sites for hydroxylation is 1. The zero-order chi connectivity index (χ0) is 12.0. The number of hydrogen-bond acceptors (Lipinski definition) is 1. The van der Waals surface area contributed by atoms with Gasteiger partial charge in [0.05, 0.1) is 14.2 Å². The normalized spacial score (nSPS) is 14.2. The van der Waals surface area contributed by atoms with E-state index in [2.05, 4.69) is 37.5 Å². The highest BCUT2D eigenvalue weighted by atomic mass is 28.3. The summed E-state index contributed by atoms with van der Waals surface area (Å²) in [4.78, 5) is 0. The molecule has 1 N–H and O–H groups in total. The second-order valence-electron chi connectivity index (χ2n) is 5.32. The average molecular weight is 234 g/mol. The molecule has 0 fully saturated rings. The second kappa shape index (κ2) is 6.02. The number of hydrogen-bond donors (Lipinski definition) is 1. The third kappa shape index (κ3) is 5.88. The molecule has 0 heterocycles. The van der Waals surface area contributed by atoms with E-state index in [4.69, 9.17) is 0 Å². The van der Waals surface area contributed by atoms with Crippen LogP contribution in [0.5, 0.6) is 0 Å². The molecule has 1 aromatic carbocycles. The van der Waals surface area contributed by atoms with Gasteiger partial charge in [-0.3, -0.25) is 0 Å². The number of benzene rings is 1. The van der Waals surface area contributed by atoms with Gasteiger partial charge in [0, 0.05) is 0 Å². The van der Waals surface area contributed by atoms with Gasteiger partial charge in [-0.1, -0.05) is 61.7 Å². The predicted octanol–water partition coefficient (Wildman–Crippen LogP) is 3.41. The lowest BCUT2D eigenvalue weighted by Crippen LogP contribution is -2.17. The molecule has 1 atom stereocenters. The first kappa shape index (κ1) is 13.2. The topological polar surface area (TPSA) is 20.2 Å². The van der Waals surface area contributed by atoms with Crippen molar-refractivity contribution >= 4 is 8.07 Å². The summed E-state index contributed by atoms with van der Waals surface area (Å²) in [5.74, 6) is 0. The molecule has 16 heavy (non-hydrogen) atoms. The Balaban J connectivity index is 2.36. The van der Waals surface area contributed by atoms with Crippen LogP contribution in [0.4, 0.5) is 0 Å². The molecule has 2 heteroatoms. The van der Waals surface area contributed by atoms with Gasteiger partial charge in [-0.2, -0.15) is 0 Å². The summed E-state index contributed by atoms with van der Waals surface area (Å²) >= 11 is 0. The van der Waals surface area contributed by atoms with Crippen LogP contribution in [0.1, 0.15) is 12.0 Å². The summed E-state index contributed by atoms with van der Waals surface area (Å²) in [6.45, 7) is 6.81. The largest absolute Gasteiger partial charge is 0.389 e. The molecule has 0 spiro atoms. The van der Waals surface area contributed by atoms with Crippen molar-refractivity contribution in [1.82, 2.24) is 0 Å². The Morgan fingerprint density at radius 2 is 1.81 bits per heavy atom. The molecule has 0 aliphatic rings. The molecule has 1 rings (SSSR count). The zero-order valence-corrected chi connectivity index (χ0v) is 11.5. The van der Waals surface area contributed by atoms with Gasteiger partial charge in [0.15, 0.2) is 0 Å². The Morgan fingerprint density at radius 1 is 1.19 bits per heavy atom. The van der Waals surface area contributed by atoms with Crippen LogP contribution in [0.2, 0.25) is 19.6 Å². The van der Waals surface area contributed by atoms with Gasteiger partial charge in [-0.25, -0.2) is 0 Å². The fraction of sp³-hybridized carbons (Fsp3) is 0.429. The van der Waals surface area contributed by atoms with Crippen LogP contribution in [-0.4, -0.2) is 19.3 Å². The molecule has 0 aliphatic heterocycles. The van der Waals surface area contributed by atoms with E-state index >= 15 is 0 Å². The van der Waals surface area contributed by atoms with Crippen LogP contribution in [0, 0.1) is 0 Å². The molecule has 0 saturated carbocycles. The highest BCUT2D eigenvalue weighted by Crippen LogP contribution is 2.08. The molecular formula is C14H22OSi. The van der Waals surface area contributed by atoms with Crippen molar-refractivity contribution in [3.8, 4) is 0 Å². The van der Waals surface area contributed by atoms with E-state index in [1.165, 1.54) is 5.56 Å². The Morgan fingerprint density at radius 3 is 2.38 bits per heavy atom. The Labute approximate surface area is 99.8 Å². The van der Waals surface area contributed by atoms with Crippen LogP contribution in [0.3, 0.4) is 0 Å². The maximum absolute atomic E-state index is 9.81. The van der Waals surface area contributed by atoms with Gasteiger partial charge in [0.25, 0.3) is 0 Å².